The van der Waals surface area contributed by atoms with Gasteiger partial charge in [0.25, 0.3) is 11.8 Å². The number of aromatic nitrogens is 2. The van der Waals surface area contributed by atoms with Crippen LogP contribution in [0.25, 0.3) is 11.5 Å². The molecule has 0 saturated heterocycles. The van der Waals surface area contributed by atoms with Crippen LogP contribution in [0.3, 0.4) is 0 Å². The Balaban J connectivity index is 1.76. The molecule has 5 nitrogen and oxygen atoms in total. The third kappa shape index (κ3) is 3.45. The maximum atomic E-state index is 11.9. The zero-order chi connectivity index (χ0) is 16.2. The molecule has 0 aliphatic heterocycles. The molecule has 1 aromatic heterocycles. The topological polar surface area (TPSA) is 59.2 Å². The van der Waals surface area contributed by atoms with Crippen LogP contribution in [0.2, 0.25) is 0 Å². The fraction of sp³-hybridized carbons (Fsp3) is 0.167. The summed E-state index contributed by atoms with van der Waals surface area (Å²) in [6.07, 6.45) is 0.627. The van der Waals surface area contributed by atoms with Gasteiger partial charge in [0, 0.05) is 31.6 Å². The van der Waals surface area contributed by atoms with E-state index in [1.165, 1.54) is 0 Å². The van der Waals surface area contributed by atoms with E-state index in [2.05, 4.69) is 10.1 Å². The van der Waals surface area contributed by atoms with Gasteiger partial charge < -0.3 is 9.42 Å². The first-order valence-electron chi connectivity index (χ1n) is 7.32. The SMILES string of the molecule is CN(C)C(=O)c1ccc(-c2nc(Cc3ccccc3)no2)cc1. The molecule has 0 radical (unpaired) electrons. The van der Waals surface area contributed by atoms with E-state index >= 15 is 0 Å². The van der Waals surface area contributed by atoms with E-state index < -0.39 is 0 Å². The Kier molecular flexibility index (Phi) is 4.19. The maximum Gasteiger partial charge on any atom is 0.257 e. The van der Waals surface area contributed by atoms with Gasteiger partial charge >= 0.3 is 0 Å². The Morgan fingerprint density at radius 2 is 1.74 bits per heavy atom. The Morgan fingerprint density at radius 3 is 2.39 bits per heavy atom. The summed E-state index contributed by atoms with van der Waals surface area (Å²) in [6, 6.07) is 17.1. The van der Waals surface area contributed by atoms with Crippen LogP contribution < -0.4 is 0 Å². The molecular formula is C18H17N3O2. The summed E-state index contributed by atoms with van der Waals surface area (Å²) in [5.74, 6) is 1.06. The number of hydrogen-bond acceptors (Lipinski definition) is 4. The lowest BCUT2D eigenvalue weighted by molar-refractivity contribution is 0.0827. The first-order chi connectivity index (χ1) is 11.1. The summed E-state index contributed by atoms with van der Waals surface area (Å²) < 4.78 is 5.31. The molecule has 1 heterocycles. The van der Waals surface area contributed by atoms with Crippen molar-refractivity contribution in [2.45, 2.75) is 6.42 Å². The standard InChI is InChI=1S/C18H17N3O2/c1-21(2)18(22)15-10-8-14(9-11-15)17-19-16(20-23-17)12-13-6-4-3-5-7-13/h3-11H,12H2,1-2H3. The number of amides is 1. The van der Waals surface area contributed by atoms with Gasteiger partial charge in [0.05, 0.1) is 0 Å². The van der Waals surface area contributed by atoms with Crippen molar-refractivity contribution in [3.63, 3.8) is 0 Å². The van der Waals surface area contributed by atoms with Crippen LogP contribution in [0.1, 0.15) is 21.7 Å². The number of benzene rings is 2. The molecule has 116 valence electrons. The molecule has 0 N–H and O–H groups in total. The molecule has 1 amide bonds. The molecule has 5 heteroatoms. The minimum Gasteiger partial charge on any atom is -0.345 e. The van der Waals surface area contributed by atoms with Gasteiger partial charge in [0.15, 0.2) is 5.82 Å². The van der Waals surface area contributed by atoms with Gasteiger partial charge in [-0.2, -0.15) is 4.98 Å². The molecule has 0 bridgehead atoms. The monoisotopic (exact) mass is 307 g/mol. The van der Waals surface area contributed by atoms with Gasteiger partial charge in [0.2, 0.25) is 0 Å². The summed E-state index contributed by atoms with van der Waals surface area (Å²) in [4.78, 5) is 17.8. The van der Waals surface area contributed by atoms with Gasteiger partial charge in [-0.15, -0.1) is 0 Å². The molecule has 0 aliphatic carbocycles. The minimum absolute atomic E-state index is 0.0353. The van der Waals surface area contributed by atoms with Crippen molar-refractivity contribution >= 4 is 5.91 Å². The summed E-state index contributed by atoms with van der Waals surface area (Å²) in [7, 11) is 3.45. The van der Waals surface area contributed by atoms with Crippen molar-refractivity contribution in [2.75, 3.05) is 14.1 Å². The number of hydrogen-bond donors (Lipinski definition) is 0. The number of nitrogens with zero attached hydrogens (tertiary/aromatic N) is 3. The van der Waals surface area contributed by atoms with Crippen molar-refractivity contribution < 1.29 is 9.32 Å². The number of carbonyl (C=O) groups excluding carboxylic acids is 1. The van der Waals surface area contributed by atoms with E-state index in [9.17, 15) is 4.79 Å². The first kappa shape index (κ1) is 15.0. The zero-order valence-electron chi connectivity index (χ0n) is 13.1. The minimum atomic E-state index is -0.0353. The van der Waals surface area contributed by atoms with Crippen molar-refractivity contribution in [1.29, 1.82) is 0 Å². The Labute approximate surface area is 134 Å². The van der Waals surface area contributed by atoms with E-state index in [0.29, 0.717) is 23.7 Å². The maximum absolute atomic E-state index is 11.9. The molecule has 0 spiro atoms. The third-order valence-electron chi connectivity index (χ3n) is 3.46. The highest BCUT2D eigenvalue weighted by atomic mass is 16.5. The van der Waals surface area contributed by atoms with Gasteiger partial charge in [-0.25, -0.2) is 0 Å². The Hall–Kier alpha value is -2.95. The zero-order valence-corrected chi connectivity index (χ0v) is 13.1. The lowest BCUT2D eigenvalue weighted by Crippen LogP contribution is -2.21. The van der Waals surface area contributed by atoms with Crippen molar-refractivity contribution in [3.8, 4) is 11.5 Å². The average Bonchev–Trinajstić information content (AvgIpc) is 3.03. The van der Waals surface area contributed by atoms with Crippen molar-refractivity contribution in [1.82, 2.24) is 15.0 Å². The van der Waals surface area contributed by atoms with Crippen LogP contribution in [0.15, 0.2) is 59.1 Å². The molecule has 0 saturated carbocycles. The van der Waals surface area contributed by atoms with E-state index in [1.807, 2.05) is 42.5 Å². The Bertz CT molecular complexity index is 793. The normalized spacial score (nSPS) is 10.5. The predicted molar refractivity (Wildman–Crippen MR) is 87.0 cm³/mol. The summed E-state index contributed by atoms with van der Waals surface area (Å²) in [5, 5.41) is 4.01. The average molecular weight is 307 g/mol. The molecule has 0 atom stereocenters. The summed E-state index contributed by atoms with van der Waals surface area (Å²) >= 11 is 0. The molecule has 0 aliphatic rings. The second-order valence-corrected chi connectivity index (χ2v) is 5.46. The lowest BCUT2D eigenvalue weighted by atomic mass is 10.1. The largest absolute Gasteiger partial charge is 0.345 e. The highest BCUT2D eigenvalue weighted by molar-refractivity contribution is 5.94. The number of rotatable bonds is 4. The van der Waals surface area contributed by atoms with E-state index in [4.69, 9.17) is 4.52 Å². The van der Waals surface area contributed by atoms with Crippen molar-refractivity contribution in [3.05, 3.63) is 71.5 Å². The van der Waals surface area contributed by atoms with Crippen LogP contribution in [0, 0.1) is 0 Å². The van der Waals surface area contributed by atoms with Gasteiger partial charge in [-0.3, -0.25) is 4.79 Å². The highest BCUT2D eigenvalue weighted by Crippen LogP contribution is 2.19. The summed E-state index contributed by atoms with van der Waals surface area (Å²) in [6.45, 7) is 0. The predicted octanol–water partition coefficient (Wildman–Crippen LogP) is 3.03. The highest BCUT2D eigenvalue weighted by Gasteiger charge is 2.12. The van der Waals surface area contributed by atoms with Crippen LogP contribution in [-0.2, 0) is 6.42 Å². The van der Waals surface area contributed by atoms with Gasteiger partial charge in [-0.1, -0.05) is 35.5 Å². The van der Waals surface area contributed by atoms with Crippen LogP contribution in [-0.4, -0.2) is 35.0 Å². The Morgan fingerprint density at radius 1 is 1.04 bits per heavy atom. The molecule has 3 rings (SSSR count). The van der Waals surface area contributed by atoms with Crippen LogP contribution in [0.5, 0.6) is 0 Å². The van der Waals surface area contributed by atoms with Gasteiger partial charge in [-0.05, 0) is 29.8 Å². The molecule has 0 fully saturated rings. The fourth-order valence-corrected chi connectivity index (χ4v) is 2.24. The van der Waals surface area contributed by atoms with Gasteiger partial charge in [0.1, 0.15) is 0 Å². The molecule has 23 heavy (non-hydrogen) atoms. The number of carbonyl (C=O) groups is 1. The fourth-order valence-electron chi connectivity index (χ4n) is 2.24. The molecule has 0 unspecified atom stereocenters. The third-order valence-corrected chi connectivity index (χ3v) is 3.46. The second-order valence-electron chi connectivity index (χ2n) is 5.46. The molecule has 2 aromatic carbocycles. The molecular weight excluding hydrogens is 290 g/mol. The van der Waals surface area contributed by atoms with Crippen LogP contribution >= 0.6 is 0 Å². The quantitative estimate of drug-likeness (QED) is 0.743. The smallest absolute Gasteiger partial charge is 0.257 e. The second kappa shape index (κ2) is 6.44. The first-order valence-corrected chi connectivity index (χ1v) is 7.32. The molecule has 3 aromatic rings. The summed E-state index contributed by atoms with van der Waals surface area (Å²) in [5.41, 5.74) is 2.56. The lowest BCUT2D eigenvalue weighted by Gasteiger charge is -2.09. The van der Waals surface area contributed by atoms with E-state index in [1.54, 1.807) is 31.1 Å². The van der Waals surface area contributed by atoms with Crippen molar-refractivity contribution in [2.24, 2.45) is 0 Å². The van der Waals surface area contributed by atoms with E-state index in [0.717, 1.165) is 11.1 Å². The van der Waals surface area contributed by atoms with Crippen LogP contribution in [0.4, 0.5) is 0 Å². The van der Waals surface area contributed by atoms with E-state index in [-0.39, 0.29) is 5.91 Å².